The Kier molecular flexibility index (Phi) is 17.3. The zero-order valence-electron chi connectivity index (χ0n) is 33.9. The largest absolute Gasteiger partial charge is 0.507 e. The summed E-state index contributed by atoms with van der Waals surface area (Å²) < 4.78 is 17.8. The van der Waals surface area contributed by atoms with Crippen LogP contribution < -0.4 is 10.9 Å². The lowest BCUT2D eigenvalue weighted by Crippen LogP contribution is -2.69. The number of H-pyrrole nitrogens is 1. The van der Waals surface area contributed by atoms with Crippen LogP contribution in [-0.4, -0.2) is 116 Å². The van der Waals surface area contributed by atoms with Gasteiger partial charge in [0.2, 0.25) is 11.7 Å². The normalized spacial score (nSPS) is 30.2. The van der Waals surface area contributed by atoms with Gasteiger partial charge >= 0.3 is 0 Å². The summed E-state index contributed by atoms with van der Waals surface area (Å²) in [4.78, 5) is 40.2. The second-order valence-electron chi connectivity index (χ2n) is 15.0. The van der Waals surface area contributed by atoms with Gasteiger partial charge in [-0.25, -0.2) is 0 Å². The van der Waals surface area contributed by atoms with E-state index in [1.165, 1.54) is 32.4 Å². The van der Waals surface area contributed by atoms with E-state index < -0.39 is 94.9 Å². The highest BCUT2D eigenvalue weighted by molar-refractivity contribution is 6.09. The summed E-state index contributed by atoms with van der Waals surface area (Å²) in [7, 11) is 1.52. The molecule has 2 saturated heterocycles. The van der Waals surface area contributed by atoms with Gasteiger partial charge < -0.3 is 55.2 Å². The SMILES string of the molecule is C/C=C\C=C\[C@@H]1O[C@](O)([C@H](CC)C(=O)NC/C=C/C=C(\C)[C@@H](OC)[C@@H](C)[C@@H]2O[C@H](/C=C/C=C/C=C(\C)C(=O)c3c(O)cc[nH]c3=O)C(O)C2O)[C@H](O)[C@H](O)C1(C)C. The van der Waals surface area contributed by atoms with Crippen LogP contribution >= 0.6 is 0 Å². The minimum Gasteiger partial charge on any atom is -0.507 e. The van der Waals surface area contributed by atoms with Gasteiger partial charge in [0, 0.05) is 31.2 Å². The molecule has 2 aliphatic heterocycles. The minimum absolute atomic E-state index is 0.0817. The van der Waals surface area contributed by atoms with Crippen LogP contribution in [0.2, 0.25) is 0 Å². The molecule has 0 radical (unpaired) electrons. The average Bonchev–Trinajstić information content (AvgIpc) is 3.45. The second kappa shape index (κ2) is 21.0. The third-order valence-corrected chi connectivity index (χ3v) is 10.7. The van der Waals surface area contributed by atoms with Crippen LogP contribution in [0.5, 0.6) is 5.75 Å². The number of amides is 1. The van der Waals surface area contributed by atoms with Crippen molar-refractivity contribution in [3.8, 4) is 5.75 Å². The van der Waals surface area contributed by atoms with Gasteiger partial charge in [0.05, 0.1) is 30.3 Å². The van der Waals surface area contributed by atoms with Gasteiger partial charge in [0.25, 0.3) is 5.56 Å². The van der Waals surface area contributed by atoms with Crippen molar-refractivity contribution in [2.24, 2.45) is 17.3 Å². The molecule has 0 aromatic carbocycles. The fraction of sp³-hybridized carbons (Fsp3) is 0.512. The number of carbonyl (C=O) groups excluding carboxylic acids is 2. The van der Waals surface area contributed by atoms with E-state index in [2.05, 4.69) is 10.3 Å². The average molecular weight is 797 g/mol. The van der Waals surface area contributed by atoms with Crippen LogP contribution in [0, 0.1) is 17.3 Å². The quantitative estimate of drug-likeness (QED) is 0.0647. The summed E-state index contributed by atoms with van der Waals surface area (Å²) >= 11 is 0. The molecular weight excluding hydrogens is 736 g/mol. The molecule has 0 bridgehead atoms. The van der Waals surface area contributed by atoms with Crippen molar-refractivity contribution in [3.63, 3.8) is 0 Å². The Morgan fingerprint density at radius 3 is 2.32 bits per heavy atom. The summed E-state index contributed by atoms with van der Waals surface area (Å²) in [6, 6.07) is 1.22. The number of rotatable bonds is 17. The molecule has 1 amide bonds. The van der Waals surface area contributed by atoms with Crippen LogP contribution in [0.1, 0.15) is 65.2 Å². The molecule has 2 aliphatic rings. The van der Waals surface area contributed by atoms with Gasteiger partial charge in [0.15, 0.2) is 5.78 Å². The topological polar surface area (TPSA) is 228 Å². The highest BCUT2D eigenvalue weighted by atomic mass is 16.7. The number of nitrogens with one attached hydrogen (secondary N) is 2. The third-order valence-electron chi connectivity index (χ3n) is 10.7. The molecule has 1 aromatic rings. The number of hydrogen-bond donors (Lipinski definition) is 8. The van der Waals surface area contributed by atoms with E-state index in [-0.39, 0.29) is 24.1 Å². The van der Waals surface area contributed by atoms with Crippen LogP contribution in [0.15, 0.2) is 101 Å². The zero-order chi connectivity index (χ0) is 42.7. The number of aromatic amines is 1. The van der Waals surface area contributed by atoms with Crippen LogP contribution in [-0.2, 0) is 19.0 Å². The van der Waals surface area contributed by atoms with Crippen molar-refractivity contribution >= 4 is 11.7 Å². The van der Waals surface area contributed by atoms with Gasteiger partial charge in [-0.05, 0) is 44.4 Å². The molecule has 0 aliphatic carbocycles. The number of carbonyl (C=O) groups is 2. The summed E-state index contributed by atoms with van der Waals surface area (Å²) in [5.74, 6) is -5.55. The highest BCUT2D eigenvalue weighted by Crippen LogP contribution is 2.44. The molecule has 2 unspecified atom stereocenters. The van der Waals surface area contributed by atoms with Gasteiger partial charge in [-0.3, -0.25) is 14.4 Å². The van der Waals surface area contributed by atoms with Gasteiger partial charge in [-0.15, -0.1) is 0 Å². The van der Waals surface area contributed by atoms with Gasteiger partial charge in [0.1, 0.15) is 35.7 Å². The smallest absolute Gasteiger partial charge is 0.262 e. The van der Waals surface area contributed by atoms with E-state index in [0.717, 1.165) is 5.57 Å². The van der Waals surface area contributed by atoms with Crippen molar-refractivity contribution < 1.29 is 54.4 Å². The molecule has 11 atom stereocenters. The summed E-state index contributed by atoms with van der Waals surface area (Å²) in [5.41, 5.74) is -1.02. The molecule has 314 valence electrons. The first-order valence-electron chi connectivity index (χ1n) is 19.1. The first kappa shape index (κ1) is 47.1. The number of ether oxygens (including phenoxy) is 3. The standard InChI is InChI=1S/C43H60N2O12/c1-9-11-13-21-31-42(6,7)38(50)39(51)43(54,57-31)28(10-2)40(52)44-23-17-16-19-26(4)36(55-8)27(5)37-35(49)34(48)30(56-37)20-15-12-14-18-25(3)33(47)32-29(46)22-24-45-41(32)53/h9,11-22,24,27-28,30-31,34-39,48-51,54H,10,23H2,1-8H3,(H,44,52)(H2,45,46,53)/b11-9-,14-12+,17-16+,20-15+,21-13+,25-18+,26-19+/t27-,28-,30-,31+,34?,35?,36-,37+,38+,39-,43-/m1/s1. The zero-order valence-corrected chi connectivity index (χ0v) is 33.9. The van der Waals surface area contributed by atoms with Crippen molar-refractivity contribution in [1.82, 2.24) is 10.3 Å². The first-order valence-corrected chi connectivity index (χ1v) is 19.1. The summed E-state index contributed by atoms with van der Waals surface area (Å²) in [6.45, 7) is 12.2. The Labute approximate surface area is 334 Å². The monoisotopic (exact) mass is 796 g/mol. The molecule has 14 heteroatoms. The lowest BCUT2D eigenvalue weighted by molar-refractivity contribution is -0.359. The summed E-state index contributed by atoms with van der Waals surface area (Å²) in [5, 5.41) is 67.8. The fourth-order valence-electron chi connectivity index (χ4n) is 7.12. The molecule has 8 N–H and O–H groups in total. The number of pyridine rings is 1. The third kappa shape index (κ3) is 11.0. The maximum absolute atomic E-state index is 13.3. The lowest BCUT2D eigenvalue weighted by Gasteiger charge is -2.53. The maximum Gasteiger partial charge on any atom is 0.262 e. The number of aromatic nitrogens is 1. The molecule has 0 saturated carbocycles. The first-order chi connectivity index (χ1) is 26.9. The van der Waals surface area contributed by atoms with Gasteiger partial charge in [-0.2, -0.15) is 0 Å². The maximum atomic E-state index is 13.3. The molecule has 57 heavy (non-hydrogen) atoms. The molecule has 1 aromatic heterocycles. The van der Waals surface area contributed by atoms with E-state index >= 15 is 0 Å². The Bertz CT molecular complexity index is 1810. The van der Waals surface area contributed by atoms with E-state index in [1.54, 1.807) is 81.5 Å². The number of Topliss-reactive ketones (excluding diaryl/α,β-unsaturated/α-hetero) is 1. The highest BCUT2D eigenvalue weighted by Gasteiger charge is 2.60. The predicted molar refractivity (Wildman–Crippen MR) is 215 cm³/mol. The second-order valence-corrected chi connectivity index (χ2v) is 15.0. The van der Waals surface area contributed by atoms with Crippen molar-refractivity contribution in [1.29, 1.82) is 0 Å². The molecule has 3 heterocycles. The predicted octanol–water partition coefficient (Wildman–Crippen LogP) is 3.07. The van der Waals surface area contributed by atoms with E-state index in [1.807, 2.05) is 26.8 Å². The van der Waals surface area contributed by atoms with E-state index in [0.29, 0.717) is 0 Å². The van der Waals surface area contributed by atoms with E-state index in [4.69, 9.17) is 14.2 Å². The molecule has 14 nitrogen and oxygen atoms in total. The molecular formula is C43H60N2O12. The van der Waals surface area contributed by atoms with Crippen LogP contribution in [0.4, 0.5) is 0 Å². The van der Waals surface area contributed by atoms with Gasteiger partial charge in [-0.1, -0.05) is 101 Å². The fourth-order valence-corrected chi connectivity index (χ4v) is 7.12. The van der Waals surface area contributed by atoms with Crippen LogP contribution in [0.3, 0.4) is 0 Å². The summed E-state index contributed by atoms with van der Waals surface area (Å²) in [6.07, 6.45) is 12.8. The number of aliphatic hydroxyl groups is 5. The number of methoxy groups -OCH3 is 1. The number of allylic oxidation sites excluding steroid dienone is 10. The Hall–Kier alpha value is -4.25. The van der Waals surface area contributed by atoms with Crippen LogP contribution in [0.25, 0.3) is 0 Å². The number of aromatic hydroxyl groups is 1. The lowest BCUT2D eigenvalue weighted by atomic mass is 9.71. The van der Waals surface area contributed by atoms with E-state index in [9.17, 15) is 45.0 Å². The Morgan fingerprint density at radius 2 is 1.68 bits per heavy atom. The van der Waals surface area contributed by atoms with Crippen molar-refractivity contribution in [2.45, 2.75) is 110 Å². The number of ketones is 1. The van der Waals surface area contributed by atoms with Crippen molar-refractivity contribution in [2.75, 3.05) is 13.7 Å². The Balaban J connectivity index is 1.60. The minimum atomic E-state index is -2.34. The molecule has 2 fully saturated rings. The Morgan fingerprint density at radius 1 is 1.00 bits per heavy atom. The number of aliphatic hydroxyl groups excluding tert-OH is 4. The molecule has 0 spiro atoms. The van der Waals surface area contributed by atoms with Crippen molar-refractivity contribution in [3.05, 3.63) is 112 Å². The molecule has 3 rings (SSSR count). The number of hydrogen-bond acceptors (Lipinski definition) is 12.